The molecule has 4 nitrogen and oxygen atoms in total. The molecule has 4 heteroatoms. The summed E-state index contributed by atoms with van der Waals surface area (Å²) in [6.45, 7) is 8.11. The summed E-state index contributed by atoms with van der Waals surface area (Å²) in [4.78, 5) is 11.2. The number of amides is 1. The molecule has 0 rings (SSSR count). The van der Waals surface area contributed by atoms with Crippen molar-refractivity contribution in [3.63, 3.8) is 0 Å². The van der Waals surface area contributed by atoms with Crippen LogP contribution in [-0.2, 0) is 4.74 Å². The maximum Gasteiger partial charge on any atom is 0.407 e. The van der Waals surface area contributed by atoms with Gasteiger partial charge in [0.15, 0.2) is 0 Å². The van der Waals surface area contributed by atoms with Gasteiger partial charge in [-0.05, 0) is 27.2 Å². The first-order valence-electron chi connectivity index (χ1n) is 5.57. The third-order valence-electron chi connectivity index (χ3n) is 1.84. The number of unbranched alkanes of at least 4 members (excludes halogenated alkanes) is 1. The average molecular weight is 216 g/mol. The molecule has 0 bridgehead atoms. The summed E-state index contributed by atoms with van der Waals surface area (Å²) in [5.74, 6) is 0. The molecular formula is C11H24N2O2. The van der Waals surface area contributed by atoms with E-state index in [1.165, 1.54) is 0 Å². The predicted octanol–water partition coefficient (Wildman–Crippen LogP) is 2.03. The Morgan fingerprint density at radius 2 is 2.07 bits per heavy atom. The van der Waals surface area contributed by atoms with Gasteiger partial charge in [-0.1, -0.05) is 19.8 Å². The van der Waals surface area contributed by atoms with Crippen LogP contribution in [-0.4, -0.2) is 24.3 Å². The zero-order valence-electron chi connectivity index (χ0n) is 10.3. The molecule has 0 aliphatic rings. The Bertz CT molecular complexity index is 188. The van der Waals surface area contributed by atoms with E-state index in [4.69, 9.17) is 10.5 Å². The number of hydrogen-bond acceptors (Lipinski definition) is 3. The lowest BCUT2D eigenvalue weighted by molar-refractivity contribution is 0.0524. The van der Waals surface area contributed by atoms with E-state index in [0.717, 1.165) is 19.3 Å². The van der Waals surface area contributed by atoms with Crippen LogP contribution in [0.15, 0.2) is 0 Å². The van der Waals surface area contributed by atoms with Crippen molar-refractivity contribution in [2.24, 2.45) is 5.73 Å². The molecule has 0 aliphatic carbocycles. The van der Waals surface area contributed by atoms with Crippen molar-refractivity contribution in [1.29, 1.82) is 0 Å². The largest absolute Gasteiger partial charge is 0.444 e. The van der Waals surface area contributed by atoms with E-state index < -0.39 is 11.7 Å². The molecule has 0 saturated carbocycles. The molecule has 0 aromatic heterocycles. The lowest BCUT2D eigenvalue weighted by atomic mass is 10.1. The summed E-state index contributed by atoms with van der Waals surface area (Å²) in [5.41, 5.74) is 5.35. The molecule has 0 radical (unpaired) electrons. The predicted molar refractivity (Wildman–Crippen MR) is 61.7 cm³/mol. The Morgan fingerprint density at radius 3 is 2.53 bits per heavy atom. The van der Waals surface area contributed by atoms with E-state index in [1.807, 2.05) is 20.8 Å². The molecule has 0 aromatic rings. The number of ether oxygens (including phenoxy) is 1. The normalized spacial score (nSPS) is 13.4. The molecule has 90 valence electrons. The van der Waals surface area contributed by atoms with Crippen LogP contribution in [0.2, 0.25) is 0 Å². The van der Waals surface area contributed by atoms with Gasteiger partial charge in [-0.3, -0.25) is 0 Å². The van der Waals surface area contributed by atoms with Crippen molar-refractivity contribution < 1.29 is 9.53 Å². The number of carbonyl (C=O) groups is 1. The summed E-state index contributed by atoms with van der Waals surface area (Å²) in [5, 5.41) is 2.66. The van der Waals surface area contributed by atoms with E-state index in [0.29, 0.717) is 6.54 Å². The Kier molecular flexibility index (Phi) is 6.32. The third kappa shape index (κ3) is 9.53. The molecule has 0 saturated heterocycles. The SMILES string of the molecule is CCCC[C@H](N)CNC(=O)OC(C)(C)C. The van der Waals surface area contributed by atoms with E-state index in [2.05, 4.69) is 12.2 Å². The first kappa shape index (κ1) is 14.2. The number of alkyl carbamates (subject to hydrolysis) is 1. The van der Waals surface area contributed by atoms with Crippen LogP contribution < -0.4 is 11.1 Å². The average Bonchev–Trinajstić information content (AvgIpc) is 2.08. The standard InChI is InChI=1S/C11H24N2O2/c1-5-6-7-9(12)8-13-10(14)15-11(2,3)4/h9H,5-8,12H2,1-4H3,(H,13,14)/t9-/m0/s1. The quantitative estimate of drug-likeness (QED) is 0.739. The highest BCUT2D eigenvalue weighted by Gasteiger charge is 2.16. The second kappa shape index (κ2) is 6.67. The van der Waals surface area contributed by atoms with E-state index in [9.17, 15) is 4.79 Å². The summed E-state index contributed by atoms with van der Waals surface area (Å²) in [6.07, 6.45) is 2.76. The number of hydrogen-bond donors (Lipinski definition) is 2. The van der Waals surface area contributed by atoms with Gasteiger partial charge in [-0.2, -0.15) is 0 Å². The van der Waals surface area contributed by atoms with Gasteiger partial charge in [0.05, 0.1) is 0 Å². The molecular weight excluding hydrogens is 192 g/mol. The minimum Gasteiger partial charge on any atom is -0.444 e. The first-order chi connectivity index (χ1) is 6.85. The molecule has 0 spiro atoms. The fraction of sp³-hybridized carbons (Fsp3) is 0.909. The molecule has 0 fully saturated rings. The fourth-order valence-electron chi connectivity index (χ4n) is 1.10. The second-order valence-corrected chi connectivity index (χ2v) is 4.79. The smallest absolute Gasteiger partial charge is 0.407 e. The molecule has 0 heterocycles. The monoisotopic (exact) mass is 216 g/mol. The molecule has 0 unspecified atom stereocenters. The van der Waals surface area contributed by atoms with Crippen LogP contribution in [0.3, 0.4) is 0 Å². The maximum absolute atomic E-state index is 11.2. The van der Waals surface area contributed by atoms with Gasteiger partial charge in [-0.25, -0.2) is 4.79 Å². The molecule has 0 aromatic carbocycles. The van der Waals surface area contributed by atoms with Gasteiger partial charge < -0.3 is 15.8 Å². The summed E-state index contributed by atoms with van der Waals surface area (Å²) >= 11 is 0. The number of carbonyl (C=O) groups excluding carboxylic acids is 1. The Labute approximate surface area is 92.6 Å². The number of nitrogens with one attached hydrogen (secondary N) is 1. The third-order valence-corrected chi connectivity index (χ3v) is 1.84. The van der Waals surface area contributed by atoms with Gasteiger partial charge >= 0.3 is 6.09 Å². The highest BCUT2D eigenvalue weighted by Crippen LogP contribution is 2.06. The van der Waals surface area contributed by atoms with Crippen molar-refractivity contribution in [2.45, 2.75) is 58.6 Å². The zero-order chi connectivity index (χ0) is 11.9. The highest BCUT2D eigenvalue weighted by atomic mass is 16.6. The van der Waals surface area contributed by atoms with E-state index >= 15 is 0 Å². The van der Waals surface area contributed by atoms with Gasteiger partial charge in [0.1, 0.15) is 5.60 Å². The van der Waals surface area contributed by atoms with Crippen molar-refractivity contribution in [1.82, 2.24) is 5.32 Å². The molecule has 1 amide bonds. The molecule has 3 N–H and O–H groups in total. The first-order valence-corrected chi connectivity index (χ1v) is 5.57. The minimum absolute atomic E-state index is 0.0254. The Balaban J connectivity index is 3.62. The topological polar surface area (TPSA) is 64.3 Å². The highest BCUT2D eigenvalue weighted by molar-refractivity contribution is 5.67. The van der Waals surface area contributed by atoms with E-state index in [-0.39, 0.29) is 6.04 Å². The van der Waals surface area contributed by atoms with Crippen LogP contribution in [0.25, 0.3) is 0 Å². The Hall–Kier alpha value is -0.770. The number of nitrogens with two attached hydrogens (primary N) is 1. The zero-order valence-corrected chi connectivity index (χ0v) is 10.3. The van der Waals surface area contributed by atoms with Crippen LogP contribution in [0.4, 0.5) is 4.79 Å². The van der Waals surface area contributed by atoms with Gasteiger partial charge in [0.2, 0.25) is 0 Å². The minimum atomic E-state index is -0.447. The molecule has 1 atom stereocenters. The van der Waals surface area contributed by atoms with Crippen LogP contribution in [0, 0.1) is 0 Å². The van der Waals surface area contributed by atoms with Crippen LogP contribution in [0.1, 0.15) is 47.0 Å². The van der Waals surface area contributed by atoms with Gasteiger partial charge in [0.25, 0.3) is 0 Å². The summed E-state index contributed by atoms with van der Waals surface area (Å²) in [6, 6.07) is 0.0254. The fourth-order valence-corrected chi connectivity index (χ4v) is 1.10. The number of rotatable bonds is 5. The van der Waals surface area contributed by atoms with E-state index in [1.54, 1.807) is 0 Å². The van der Waals surface area contributed by atoms with Crippen LogP contribution >= 0.6 is 0 Å². The molecule has 0 aliphatic heterocycles. The van der Waals surface area contributed by atoms with Crippen molar-refractivity contribution in [3.05, 3.63) is 0 Å². The lowest BCUT2D eigenvalue weighted by Crippen LogP contribution is -2.40. The van der Waals surface area contributed by atoms with Gasteiger partial charge in [0, 0.05) is 12.6 Å². The lowest BCUT2D eigenvalue weighted by Gasteiger charge is -2.20. The summed E-state index contributed by atoms with van der Waals surface area (Å²) in [7, 11) is 0. The second-order valence-electron chi connectivity index (χ2n) is 4.79. The van der Waals surface area contributed by atoms with Crippen molar-refractivity contribution in [2.75, 3.05) is 6.54 Å². The van der Waals surface area contributed by atoms with Crippen molar-refractivity contribution >= 4 is 6.09 Å². The van der Waals surface area contributed by atoms with Crippen LogP contribution in [0.5, 0.6) is 0 Å². The molecule has 15 heavy (non-hydrogen) atoms. The maximum atomic E-state index is 11.2. The Morgan fingerprint density at radius 1 is 1.47 bits per heavy atom. The summed E-state index contributed by atoms with van der Waals surface area (Å²) < 4.78 is 5.09. The van der Waals surface area contributed by atoms with Gasteiger partial charge in [-0.15, -0.1) is 0 Å². The van der Waals surface area contributed by atoms with Crippen molar-refractivity contribution in [3.8, 4) is 0 Å².